The Morgan fingerprint density at radius 3 is 2.81 bits per heavy atom. The van der Waals surface area contributed by atoms with E-state index in [0.717, 1.165) is 0 Å². The zero-order chi connectivity index (χ0) is 18.5. The first kappa shape index (κ1) is 18.2. The lowest BCUT2D eigenvalue weighted by Gasteiger charge is -2.06. The molecular formula is C18H14Cl2N2O4. The third kappa shape index (κ3) is 4.15. The van der Waals surface area contributed by atoms with Gasteiger partial charge in [0.05, 0.1) is 22.8 Å². The Bertz CT molecular complexity index is 927. The van der Waals surface area contributed by atoms with Crippen molar-refractivity contribution in [2.24, 2.45) is 0 Å². The molecule has 3 aromatic rings. The van der Waals surface area contributed by atoms with Crippen LogP contribution in [-0.4, -0.2) is 22.7 Å². The van der Waals surface area contributed by atoms with E-state index in [1.165, 1.54) is 12.1 Å². The van der Waals surface area contributed by atoms with Crippen molar-refractivity contribution in [1.82, 2.24) is 10.1 Å². The lowest BCUT2D eigenvalue weighted by atomic mass is 10.2. The van der Waals surface area contributed by atoms with E-state index in [1.54, 1.807) is 6.07 Å². The van der Waals surface area contributed by atoms with Crippen LogP contribution < -0.4 is 4.74 Å². The number of nitrogens with zero attached hydrogens (tertiary/aromatic N) is 2. The number of rotatable bonds is 6. The van der Waals surface area contributed by atoms with Crippen LogP contribution in [0.1, 0.15) is 23.2 Å². The molecule has 134 valence electrons. The van der Waals surface area contributed by atoms with Gasteiger partial charge in [-0.05, 0) is 37.3 Å². The molecule has 0 aliphatic heterocycles. The molecule has 26 heavy (non-hydrogen) atoms. The standard InChI is InChI=1S/C18H14Cl2N2O4/c1-2-24-15-6-4-3-5-12(15)17-21-16(26-22-17)10-25-18(23)13-9-11(19)7-8-14(13)20/h3-9H,2,10H2,1H3. The quantitative estimate of drug-likeness (QED) is 0.560. The highest BCUT2D eigenvalue weighted by Crippen LogP contribution is 2.28. The normalized spacial score (nSPS) is 10.6. The second-order valence-corrected chi connectivity index (χ2v) is 5.98. The summed E-state index contributed by atoms with van der Waals surface area (Å²) in [6.45, 7) is 2.21. The zero-order valence-corrected chi connectivity index (χ0v) is 15.3. The number of carbonyl (C=O) groups excluding carboxylic acids is 1. The molecule has 6 nitrogen and oxygen atoms in total. The van der Waals surface area contributed by atoms with Crippen LogP contribution in [0.3, 0.4) is 0 Å². The van der Waals surface area contributed by atoms with E-state index >= 15 is 0 Å². The highest BCUT2D eigenvalue weighted by molar-refractivity contribution is 6.35. The Labute approximate surface area is 159 Å². The Morgan fingerprint density at radius 2 is 2.00 bits per heavy atom. The topological polar surface area (TPSA) is 74.5 Å². The van der Waals surface area contributed by atoms with Crippen molar-refractivity contribution in [3.05, 3.63) is 64.0 Å². The van der Waals surface area contributed by atoms with Crippen molar-refractivity contribution < 1.29 is 18.8 Å². The number of para-hydroxylation sites is 1. The van der Waals surface area contributed by atoms with E-state index in [0.29, 0.717) is 28.8 Å². The van der Waals surface area contributed by atoms with Crippen LogP contribution in [0.25, 0.3) is 11.4 Å². The molecule has 3 rings (SSSR count). The summed E-state index contributed by atoms with van der Waals surface area (Å²) >= 11 is 11.8. The fourth-order valence-corrected chi connectivity index (χ4v) is 2.58. The first-order valence-corrected chi connectivity index (χ1v) is 8.51. The van der Waals surface area contributed by atoms with E-state index in [-0.39, 0.29) is 23.1 Å². The highest BCUT2D eigenvalue weighted by Gasteiger charge is 2.17. The summed E-state index contributed by atoms with van der Waals surface area (Å²) in [4.78, 5) is 16.4. The van der Waals surface area contributed by atoms with Gasteiger partial charge in [0.2, 0.25) is 5.82 Å². The van der Waals surface area contributed by atoms with Gasteiger partial charge in [-0.15, -0.1) is 0 Å². The molecule has 2 aromatic carbocycles. The average molecular weight is 393 g/mol. The van der Waals surface area contributed by atoms with E-state index < -0.39 is 5.97 Å². The van der Waals surface area contributed by atoms with E-state index in [1.807, 2.05) is 31.2 Å². The van der Waals surface area contributed by atoms with Crippen LogP contribution in [0, 0.1) is 0 Å². The summed E-state index contributed by atoms with van der Waals surface area (Å²) in [5, 5.41) is 4.54. The van der Waals surface area contributed by atoms with Gasteiger partial charge in [-0.25, -0.2) is 4.79 Å². The van der Waals surface area contributed by atoms with Crippen LogP contribution in [0.15, 0.2) is 47.0 Å². The second kappa shape index (κ2) is 8.21. The number of carbonyl (C=O) groups is 1. The molecule has 0 atom stereocenters. The number of hydrogen-bond acceptors (Lipinski definition) is 6. The van der Waals surface area contributed by atoms with E-state index in [9.17, 15) is 4.79 Å². The van der Waals surface area contributed by atoms with Crippen LogP contribution >= 0.6 is 23.2 Å². The van der Waals surface area contributed by atoms with Crippen LogP contribution in [0.4, 0.5) is 0 Å². The molecule has 1 aromatic heterocycles. The largest absolute Gasteiger partial charge is 0.493 e. The molecule has 0 amide bonds. The van der Waals surface area contributed by atoms with Gasteiger partial charge in [-0.2, -0.15) is 4.98 Å². The number of benzene rings is 2. The Morgan fingerprint density at radius 1 is 1.19 bits per heavy atom. The summed E-state index contributed by atoms with van der Waals surface area (Å²) in [5.41, 5.74) is 0.856. The summed E-state index contributed by atoms with van der Waals surface area (Å²) in [7, 11) is 0. The first-order chi connectivity index (χ1) is 12.6. The molecule has 1 heterocycles. The third-order valence-corrected chi connectivity index (χ3v) is 3.94. The first-order valence-electron chi connectivity index (χ1n) is 7.75. The molecule has 0 fully saturated rings. The molecule has 0 N–H and O–H groups in total. The average Bonchev–Trinajstić information content (AvgIpc) is 3.11. The molecule has 8 heteroatoms. The van der Waals surface area contributed by atoms with Crippen molar-refractivity contribution in [1.29, 1.82) is 0 Å². The molecule has 0 bridgehead atoms. The van der Waals surface area contributed by atoms with Gasteiger partial charge >= 0.3 is 5.97 Å². The number of hydrogen-bond donors (Lipinski definition) is 0. The second-order valence-electron chi connectivity index (χ2n) is 5.14. The smallest absolute Gasteiger partial charge is 0.340 e. The molecule has 0 saturated heterocycles. The predicted molar refractivity (Wildman–Crippen MR) is 96.5 cm³/mol. The van der Waals surface area contributed by atoms with Gasteiger partial charge in [-0.1, -0.05) is 40.5 Å². The summed E-state index contributed by atoms with van der Waals surface area (Å²) < 4.78 is 15.9. The summed E-state index contributed by atoms with van der Waals surface area (Å²) in [6, 6.07) is 11.9. The maximum absolute atomic E-state index is 12.1. The number of ether oxygens (including phenoxy) is 2. The third-order valence-electron chi connectivity index (χ3n) is 3.37. The number of esters is 1. The van der Waals surface area contributed by atoms with Crippen LogP contribution in [0.5, 0.6) is 5.75 Å². The lowest BCUT2D eigenvalue weighted by molar-refractivity contribution is 0.0430. The molecule has 0 aliphatic carbocycles. The fraction of sp³-hybridized carbons (Fsp3) is 0.167. The molecule has 0 aliphatic rings. The zero-order valence-electron chi connectivity index (χ0n) is 13.7. The van der Waals surface area contributed by atoms with Crippen LogP contribution in [-0.2, 0) is 11.3 Å². The molecule has 0 radical (unpaired) electrons. The van der Waals surface area contributed by atoms with Crippen molar-refractivity contribution in [2.45, 2.75) is 13.5 Å². The van der Waals surface area contributed by atoms with E-state index in [4.69, 9.17) is 37.2 Å². The number of halogens is 2. The van der Waals surface area contributed by atoms with Gasteiger partial charge in [0, 0.05) is 5.02 Å². The maximum atomic E-state index is 12.1. The monoisotopic (exact) mass is 392 g/mol. The Balaban J connectivity index is 1.71. The minimum Gasteiger partial charge on any atom is -0.493 e. The van der Waals surface area contributed by atoms with Crippen molar-refractivity contribution >= 4 is 29.2 Å². The fourth-order valence-electron chi connectivity index (χ4n) is 2.21. The van der Waals surface area contributed by atoms with Crippen molar-refractivity contribution in [3.63, 3.8) is 0 Å². The van der Waals surface area contributed by atoms with Gasteiger partial charge in [-0.3, -0.25) is 0 Å². The van der Waals surface area contributed by atoms with Gasteiger partial charge in [0.1, 0.15) is 5.75 Å². The van der Waals surface area contributed by atoms with Gasteiger partial charge in [0.15, 0.2) is 6.61 Å². The van der Waals surface area contributed by atoms with Gasteiger partial charge in [0.25, 0.3) is 5.89 Å². The maximum Gasteiger partial charge on any atom is 0.340 e. The molecule has 0 saturated carbocycles. The Hall–Kier alpha value is -2.57. The lowest BCUT2D eigenvalue weighted by Crippen LogP contribution is -2.06. The Kier molecular flexibility index (Phi) is 5.75. The molecule has 0 unspecified atom stereocenters. The molecular weight excluding hydrogens is 379 g/mol. The SMILES string of the molecule is CCOc1ccccc1-c1noc(COC(=O)c2cc(Cl)ccc2Cl)n1. The highest BCUT2D eigenvalue weighted by atomic mass is 35.5. The van der Waals surface area contributed by atoms with E-state index in [2.05, 4.69) is 10.1 Å². The summed E-state index contributed by atoms with van der Waals surface area (Å²) in [5.74, 6) is 0.510. The summed E-state index contributed by atoms with van der Waals surface area (Å²) in [6.07, 6.45) is 0. The predicted octanol–water partition coefficient (Wildman–Crippen LogP) is 4.80. The van der Waals surface area contributed by atoms with Crippen molar-refractivity contribution in [2.75, 3.05) is 6.61 Å². The molecule has 0 spiro atoms. The number of aromatic nitrogens is 2. The minimum absolute atomic E-state index is 0.151. The van der Waals surface area contributed by atoms with Crippen LogP contribution in [0.2, 0.25) is 10.0 Å². The minimum atomic E-state index is -0.632. The van der Waals surface area contributed by atoms with Gasteiger partial charge < -0.3 is 14.0 Å². The van der Waals surface area contributed by atoms with Crippen molar-refractivity contribution in [3.8, 4) is 17.1 Å².